The van der Waals surface area contributed by atoms with Gasteiger partial charge in [0.05, 0.1) is 24.6 Å². The molecule has 1 atom stereocenters. The third-order valence-electron chi connectivity index (χ3n) is 5.01. The summed E-state index contributed by atoms with van der Waals surface area (Å²) >= 11 is 7.34. The normalized spacial score (nSPS) is 16.8. The largest absolute Gasteiger partial charge is 0.502 e. The second kappa shape index (κ2) is 8.37. The number of methoxy groups -OCH3 is 1. The maximum absolute atomic E-state index is 13.5. The summed E-state index contributed by atoms with van der Waals surface area (Å²) in [5.74, 6) is -0.915. The summed E-state index contributed by atoms with van der Waals surface area (Å²) in [6.45, 7) is 0.164. The van der Waals surface area contributed by atoms with Crippen LogP contribution in [0.1, 0.15) is 16.5 Å². The highest BCUT2D eigenvalue weighted by Crippen LogP contribution is 2.43. The second-order valence-corrected chi connectivity index (χ2v) is 10.2. The van der Waals surface area contributed by atoms with Crippen LogP contribution in [-0.4, -0.2) is 31.4 Å². The molecule has 0 saturated carbocycles. The minimum atomic E-state index is -4.18. The molecule has 9 heteroatoms. The molecule has 1 aliphatic heterocycles. The van der Waals surface area contributed by atoms with E-state index in [9.17, 15) is 18.3 Å². The third-order valence-corrected chi connectivity index (χ3v) is 8.01. The van der Waals surface area contributed by atoms with Crippen molar-refractivity contribution in [3.8, 4) is 5.75 Å². The summed E-state index contributed by atoms with van der Waals surface area (Å²) in [5.41, 5.74) is 0.544. The third kappa shape index (κ3) is 3.94. The number of carbonyl (C=O) groups excluding carboxylic acids is 1. The molecule has 0 fully saturated rings. The molecule has 2 heterocycles. The zero-order valence-corrected chi connectivity index (χ0v) is 18.7. The van der Waals surface area contributed by atoms with E-state index in [2.05, 4.69) is 0 Å². The van der Waals surface area contributed by atoms with Crippen molar-refractivity contribution in [2.45, 2.75) is 17.5 Å². The van der Waals surface area contributed by atoms with E-state index in [-0.39, 0.29) is 16.3 Å². The summed E-state index contributed by atoms with van der Waals surface area (Å²) in [6, 6.07) is 15.1. The molecule has 160 valence electrons. The Balaban J connectivity index is 1.85. The molecule has 4 rings (SSSR count). The van der Waals surface area contributed by atoms with Crippen molar-refractivity contribution in [3.63, 3.8) is 0 Å². The van der Waals surface area contributed by atoms with Crippen LogP contribution in [0.15, 0.2) is 81.6 Å². The van der Waals surface area contributed by atoms with E-state index in [0.717, 1.165) is 4.88 Å². The molecule has 1 N–H and O–H groups in total. The van der Waals surface area contributed by atoms with Gasteiger partial charge in [-0.1, -0.05) is 29.8 Å². The number of rotatable bonds is 6. The van der Waals surface area contributed by atoms with Gasteiger partial charge in [0.15, 0.2) is 5.76 Å². The number of aliphatic hydroxyl groups excluding tert-OH is 1. The van der Waals surface area contributed by atoms with Crippen LogP contribution in [0.25, 0.3) is 0 Å². The van der Waals surface area contributed by atoms with Crippen LogP contribution in [0, 0.1) is 0 Å². The summed E-state index contributed by atoms with van der Waals surface area (Å²) in [5, 5.41) is 13.0. The average Bonchev–Trinajstić information content (AvgIpc) is 3.37. The topological polar surface area (TPSA) is 83.9 Å². The Bertz CT molecular complexity index is 1230. The van der Waals surface area contributed by atoms with E-state index < -0.39 is 27.5 Å². The number of hydrogen-bond acceptors (Lipinski definition) is 6. The molecule has 0 spiro atoms. The summed E-state index contributed by atoms with van der Waals surface area (Å²) in [4.78, 5) is 14.8. The highest BCUT2D eigenvalue weighted by Gasteiger charge is 2.46. The monoisotopic (exact) mass is 475 g/mol. The number of halogens is 1. The Morgan fingerprint density at radius 2 is 1.77 bits per heavy atom. The van der Waals surface area contributed by atoms with Gasteiger partial charge in [0.25, 0.3) is 5.91 Å². The zero-order valence-electron chi connectivity index (χ0n) is 16.4. The molecule has 1 unspecified atom stereocenters. The minimum Gasteiger partial charge on any atom is -0.502 e. The van der Waals surface area contributed by atoms with Crippen molar-refractivity contribution in [3.05, 3.63) is 92.2 Å². The van der Waals surface area contributed by atoms with Crippen molar-refractivity contribution in [2.24, 2.45) is 0 Å². The Labute approximate surface area is 188 Å². The van der Waals surface area contributed by atoms with Crippen molar-refractivity contribution >= 4 is 38.7 Å². The van der Waals surface area contributed by atoms with Gasteiger partial charge in [-0.25, -0.2) is 8.42 Å². The van der Waals surface area contributed by atoms with E-state index in [1.165, 1.54) is 47.6 Å². The molecule has 2 aromatic carbocycles. The number of benzene rings is 2. The van der Waals surface area contributed by atoms with Crippen LogP contribution in [0.4, 0.5) is 0 Å². The number of carbonyl (C=O) groups is 1. The Kier molecular flexibility index (Phi) is 5.79. The fourth-order valence-corrected chi connectivity index (χ4v) is 5.97. The van der Waals surface area contributed by atoms with E-state index in [1.54, 1.807) is 24.3 Å². The Hall–Kier alpha value is -2.81. The van der Waals surface area contributed by atoms with Gasteiger partial charge in [-0.05, 0) is 53.4 Å². The first-order valence-corrected chi connectivity index (χ1v) is 12.0. The maximum Gasteiger partial charge on any atom is 0.290 e. The van der Waals surface area contributed by atoms with E-state index in [0.29, 0.717) is 16.3 Å². The smallest absolute Gasteiger partial charge is 0.290 e. The lowest BCUT2D eigenvalue weighted by Gasteiger charge is -2.26. The van der Waals surface area contributed by atoms with Gasteiger partial charge < -0.3 is 14.7 Å². The number of thiophene rings is 1. The highest BCUT2D eigenvalue weighted by molar-refractivity contribution is 7.95. The second-order valence-electron chi connectivity index (χ2n) is 6.86. The standard InChI is InChI=1S/C22H18ClNO5S2/c1-29-16-8-4-14(5-9-16)19-21(31(27,28)18-10-6-15(23)7-11-18)20(25)22(26)24(19)13-17-3-2-12-30-17/h2-12,19,25H,13H2,1H3. The van der Waals surface area contributed by atoms with E-state index in [1.807, 2.05) is 17.5 Å². The fourth-order valence-electron chi connectivity index (χ4n) is 3.50. The van der Waals surface area contributed by atoms with Gasteiger partial charge in [-0.2, -0.15) is 0 Å². The van der Waals surface area contributed by atoms with Gasteiger partial charge in [-0.3, -0.25) is 4.79 Å². The molecular formula is C22H18ClNO5S2. The lowest BCUT2D eigenvalue weighted by Crippen LogP contribution is -2.30. The van der Waals surface area contributed by atoms with Crippen molar-refractivity contribution in [1.82, 2.24) is 4.90 Å². The van der Waals surface area contributed by atoms with E-state index in [4.69, 9.17) is 16.3 Å². The maximum atomic E-state index is 13.5. The highest BCUT2D eigenvalue weighted by atomic mass is 35.5. The molecule has 31 heavy (non-hydrogen) atoms. The van der Waals surface area contributed by atoms with Crippen molar-refractivity contribution < 1.29 is 23.1 Å². The molecule has 3 aromatic rings. The zero-order chi connectivity index (χ0) is 22.2. The lowest BCUT2D eigenvalue weighted by atomic mass is 10.1. The van der Waals surface area contributed by atoms with E-state index >= 15 is 0 Å². The van der Waals surface area contributed by atoms with Gasteiger partial charge >= 0.3 is 0 Å². The predicted octanol–water partition coefficient (Wildman–Crippen LogP) is 4.74. The van der Waals surface area contributed by atoms with Crippen LogP contribution < -0.4 is 4.74 Å². The quantitative estimate of drug-likeness (QED) is 0.556. The van der Waals surface area contributed by atoms with Gasteiger partial charge in [0.2, 0.25) is 9.84 Å². The van der Waals surface area contributed by atoms with Gasteiger partial charge in [-0.15, -0.1) is 11.3 Å². The van der Waals surface area contributed by atoms with Crippen LogP contribution in [-0.2, 0) is 21.2 Å². The van der Waals surface area contributed by atoms with Crippen LogP contribution >= 0.6 is 22.9 Å². The molecular weight excluding hydrogens is 458 g/mol. The first-order chi connectivity index (χ1) is 14.8. The summed E-state index contributed by atoms with van der Waals surface area (Å²) < 4.78 is 32.2. The van der Waals surface area contributed by atoms with Crippen LogP contribution in [0.3, 0.4) is 0 Å². The lowest BCUT2D eigenvalue weighted by molar-refractivity contribution is -0.130. The van der Waals surface area contributed by atoms with Crippen molar-refractivity contribution in [2.75, 3.05) is 7.11 Å². The molecule has 6 nitrogen and oxygen atoms in total. The SMILES string of the molecule is COc1ccc(C2C(S(=O)(=O)c3ccc(Cl)cc3)=C(O)C(=O)N2Cc2cccs2)cc1. The number of amides is 1. The van der Waals surface area contributed by atoms with Crippen LogP contribution in [0.2, 0.25) is 5.02 Å². The Morgan fingerprint density at radius 1 is 1.10 bits per heavy atom. The molecule has 1 aromatic heterocycles. The predicted molar refractivity (Wildman–Crippen MR) is 119 cm³/mol. The first kappa shape index (κ1) is 21.4. The number of ether oxygens (including phenoxy) is 1. The number of aliphatic hydroxyl groups is 1. The summed E-state index contributed by atoms with van der Waals surface area (Å²) in [6.07, 6.45) is 0. The minimum absolute atomic E-state index is 0.0530. The van der Waals surface area contributed by atoms with Gasteiger partial charge in [0, 0.05) is 9.90 Å². The average molecular weight is 476 g/mol. The number of sulfone groups is 1. The van der Waals surface area contributed by atoms with Crippen molar-refractivity contribution in [1.29, 1.82) is 0 Å². The Morgan fingerprint density at radius 3 is 2.35 bits per heavy atom. The number of nitrogens with zero attached hydrogens (tertiary/aromatic N) is 1. The van der Waals surface area contributed by atoms with Crippen LogP contribution in [0.5, 0.6) is 5.75 Å². The molecule has 0 bridgehead atoms. The number of hydrogen-bond donors (Lipinski definition) is 1. The molecule has 1 amide bonds. The molecule has 0 saturated heterocycles. The molecule has 0 aliphatic carbocycles. The van der Waals surface area contributed by atoms with Gasteiger partial charge in [0.1, 0.15) is 10.7 Å². The molecule has 0 radical (unpaired) electrons. The summed E-state index contributed by atoms with van der Waals surface area (Å²) in [7, 11) is -2.65. The fraction of sp³-hybridized carbons (Fsp3) is 0.136. The first-order valence-electron chi connectivity index (χ1n) is 9.24. The molecule has 1 aliphatic rings.